The molecule has 0 saturated carbocycles. The maximum absolute atomic E-state index is 12.2. The number of sulfonamides is 1. The van der Waals surface area contributed by atoms with Gasteiger partial charge < -0.3 is 14.2 Å². The summed E-state index contributed by atoms with van der Waals surface area (Å²) in [5, 5.41) is 0. The lowest BCUT2D eigenvalue weighted by Gasteiger charge is -2.28. The molecule has 142 valence electrons. The predicted molar refractivity (Wildman–Crippen MR) is 91.9 cm³/mol. The fourth-order valence-electron chi connectivity index (χ4n) is 2.98. The first-order chi connectivity index (χ1) is 12.3. The number of hydrogen-bond acceptors (Lipinski definition) is 7. The highest BCUT2D eigenvalue weighted by Gasteiger charge is 2.30. The molecule has 1 aromatic carbocycles. The Morgan fingerprint density at radius 1 is 1.15 bits per heavy atom. The molecule has 3 rings (SSSR count). The number of carbonyl (C=O) groups excluding carboxylic acids is 2. The van der Waals surface area contributed by atoms with E-state index in [0.29, 0.717) is 43.1 Å². The highest BCUT2D eigenvalue weighted by Crippen LogP contribution is 2.31. The maximum Gasteiger partial charge on any atom is 0.309 e. The van der Waals surface area contributed by atoms with Gasteiger partial charge in [-0.3, -0.25) is 9.59 Å². The van der Waals surface area contributed by atoms with Crippen molar-refractivity contribution in [3.8, 4) is 11.5 Å². The number of hydrogen-bond donors (Lipinski definition) is 0. The molecule has 26 heavy (non-hydrogen) atoms. The van der Waals surface area contributed by atoms with Crippen LogP contribution in [0.4, 0.5) is 0 Å². The Bertz CT molecular complexity index is 797. The van der Waals surface area contributed by atoms with Gasteiger partial charge in [-0.05, 0) is 31.0 Å². The van der Waals surface area contributed by atoms with Crippen LogP contribution >= 0.6 is 0 Å². The Labute approximate surface area is 152 Å². The predicted octanol–water partition coefficient (Wildman–Crippen LogP) is 0.855. The molecule has 1 saturated heterocycles. The van der Waals surface area contributed by atoms with Crippen LogP contribution in [0.2, 0.25) is 0 Å². The number of ether oxygens (including phenoxy) is 3. The molecule has 1 aromatic rings. The summed E-state index contributed by atoms with van der Waals surface area (Å²) in [7, 11) is -3.24. The van der Waals surface area contributed by atoms with E-state index in [2.05, 4.69) is 0 Å². The third-order valence-corrected chi connectivity index (χ3v) is 5.77. The number of ketones is 1. The molecule has 0 N–H and O–H groups in total. The van der Waals surface area contributed by atoms with Crippen molar-refractivity contribution in [2.75, 3.05) is 39.2 Å². The van der Waals surface area contributed by atoms with E-state index in [0.717, 1.165) is 6.26 Å². The van der Waals surface area contributed by atoms with E-state index in [9.17, 15) is 18.0 Å². The van der Waals surface area contributed by atoms with E-state index >= 15 is 0 Å². The number of benzene rings is 1. The molecule has 0 bridgehead atoms. The van der Waals surface area contributed by atoms with Crippen molar-refractivity contribution in [1.29, 1.82) is 0 Å². The maximum atomic E-state index is 12.2. The zero-order valence-electron chi connectivity index (χ0n) is 14.5. The van der Waals surface area contributed by atoms with Gasteiger partial charge in [0, 0.05) is 18.7 Å². The van der Waals surface area contributed by atoms with E-state index < -0.39 is 16.0 Å². The topological polar surface area (TPSA) is 99.2 Å². The van der Waals surface area contributed by atoms with Crippen molar-refractivity contribution in [3.63, 3.8) is 0 Å². The summed E-state index contributed by atoms with van der Waals surface area (Å²) in [5.74, 6) is -0.0991. The molecular weight excluding hydrogens is 362 g/mol. The van der Waals surface area contributed by atoms with Crippen LogP contribution in [0, 0.1) is 5.92 Å². The third kappa shape index (κ3) is 4.34. The van der Waals surface area contributed by atoms with Gasteiger partial charge >= 0.3 is 5.97 Å². The molecule has 9 heteroatoms. The zero-order valence-corrected chi connectivity index (χ0v) is 15.3. The van der Waals surface area contributed by atoms with Crippen molar-refractivity contribution in [1.82, 2.24) is 4.31 Å². The molecule has 0 atom stereocenters. The van der Waals surface area contributed by atoms with Gasteiger partial charge in [-0.2, -0.15) is 0 Å². The second-order valence-corrected chi connectivity index (χ2v) is 8.31. The number of carbonyl (C=O) groups is 2. The number of piperidine rings is 1. The smallest absolute Gasteiger partial charge is 0.309 e. The van der Waals surface area contributed by atoms with Crippen LogP contribution in [0.1, 0.15) is 23.2 Å². The summed E-state index contributed by atoms with van der Waals surface area (Å²) in [4.78, 5) is 24.4. The third-order valence-electron chi connectivity index (χ3n) is 4.47. The van der Waals surface area contributed by atoms with Crippen LogP contribution in [0.15, 0.2) is 18.2 Å². The lowest BCUT2D eigenvalue weighted by Crippen LogP contribution is -2.40. The van der Waals surface area contributed by atoms with Gasteiger partial charge in [-0.1, -0.05) is 0 Å². The quantitative estimate of drug-likeness (QED) is 0.549. The number of nitrogens with zero attached hydrogens (tertiary/aromatic N) is 1. The Morgan fingerprint density at radius 3 is 2.46 bits per heavy atom. The van der Waals surface area contributed by atoms with Gasteiger partial charge in [0.2, 0.25) is 10.0 Å². The highest BCUT2D eigenvalue weighted by atomic mass is 32.2. The Morgan fingerprint density at radius 2 is 1.81 bits per heavy atom. The SMILES string of the molecule is CS(=O)(=O)N1CCC(C(=O)OCC(=O)c2ccc3c(c2)OCCO3)CC1. The fourth-order valence-corrected chi connectivity index (χ4v) is 3.85. The van der Waals surface area contributed by atoms with Crippen LogP contribution < -0.4 is 9.47 Å². The van der Waals surface area contributed by atoms with E-state index in [1.807, 2.05) is 0 Å². The first-order valence-electron chi connectivity index (χ1n) is 8.39. The number of esters is 1. The van der Waals surface area contributed by atoms with E-state index in [-0.39, 0.29) is 31.4 Å². The molecule has 2 heterocycles. The minimum Gasteiger partial charge on any atom is -0.486 e. The van der Waals surface area contributed by atoms with Crippen LogP contribution in [-0.4, -0.2) is 63.6 Å². The average molecular weight is 383 g/mol. The standard InChI is InChI=1S/C17H21NO7S/c1-26(21,22)18-6-4-12(5-7-18)17(20)25-11-14(19)13-2-3-15-16(10-13)24-9-8-23-15/h2-3,10,12H,4-9,11H2,1H3. The largest absolute Gasteiger partial charge is 0.486 e. The molecule has 1 fully saturated rings. The lowest BCUT2D eigenvalue weighted by atomic mass is 9.98. The van der Waals surface area contributed by atoms with Crippen LogP contribution in [-0.2, 0) is 19.6 Å². The van der Waals surface area contributed by atoms with Gasteiger partial charge in [0.25, 0.3) is 0 Å². The molecule has 8 nitrogen and oxygen atoms in total. The molecule has 2 aliphatic heterocycles. The van der Waals surface area contributed by atoms with Crippen LogP contribution in [0.25, 0.3) is 0 Å². The Balaban J connectivity index is 1.51. The van der Waals surface area contributed by atoms with Gasteiger partial charge in [-0.15, -0.1) is 0 Å². The molecule has 0 spiro atoms. The summed E-state index contributed by atoms with van der Waals surface area (Å²) in [6.07, 6.45) is 1.94. The molecule has 2 aliphatic rings. The molecule has 0 unspecified atom stereocenters. The summed E-state index contributed by atoms with van der Waals surface area (Å²) in [6, 6.07) is 4.84. The fraction of sp³-hybridized carbons (Fsp3) is 0.529. The van der Waals surface area contributed by atoms with E-state index in [1.165, 1.54) is 4.31 Å². The number of Topliss-reactive ketones (excluding diaryl/α,β-unsaturated/α-hetero) is 1. The normalized spacial score (nSPS) is 18.3. The highest BCUT2D eigenvalue weighted by molar-refractivity contribution is 7.88. The van der Waals surface area contributed by atoms with E-state index in [1.54, 1.807) is 18.2 Å². The molecule has 0 aliphatic carbocycles. The van der Waals surface area contributed by atoms with Crippen LogP contribution in [0.5, 0.6) is 11.5 Å². The van der Waals surface area contributed by atoms with Crippen LogP contribution in [0.3, 0.4) is 0 Å². The van der Waals surface area contributed by atoms with Crippen molar-refractivity contribution in [2.45, 2.75) is 12.8 Å². The van der Waals surface area contributed by atoms with Crippen molar-refractivity contribution in [2.24, 2.45) is 5.92 Å². The molecule has 0 aromatic heterocycles. The van der Waals surface area contributed by atoms with Gasteiger partial charge in [-0.25, -0.2) is 12.7 Å². The minimum absolute atomic E-state index is 0.286. The van der Waals surface area contributed by atoms with Crippen molar-refractivity contribution >= 4 is 21.8 Å². The average Bonchev–Trinajstić information content (AvgIpc) is 2.64. The number of rotatable bonds is 5. The lowest BCUT2D eigenvalue weighted by molar-refractivity contribution is -0.148. The molecular formula is C17H21NO7S. The van der Waals surface area contributed by atoms with Gasteiger partial charge in [0.1, 0.15) is 13.2 Å². The second-order valence-electron chi connectivity index (χ2n) is 6.33. The monoisotopic (exact) mass is 383 g/mol. The summed E-state index contributed by atoms with van der Waals surface area (Å²) in [6.45, 7) is 1.11. The second kappa shape index (κ2) is 7.63. The van der Waals surface area contributed by atoms with Crippen molar-refractivity contribution in [3.05, 3.63) is 23.8 Å². The summed E-state index contributed by atoms with van der Waals surface area (Å²) in [5.41, 5.74) is 0.383. The first kappa shape index (κ1) is 18.7. The van der Waals surface area contributed by atoms with Gasteiger partial charge in [0.15, 0.2) is 23.9 Å². The van der Waals surface area contributed by atoms with Gasteiger partial charge in [0.05, 0.1) is 12.2 Å². The Kier molecular flexibility index (Phi) is 5.47. The Hall–Kier alpha value is -2.13. The summed E-state index contributed by atoms with van der Waals surface area (Å²) >= 11 is 0. The molecule has 0 radical (unpaired) electrons. The molecule has 0 amide bonds. The van der Waals surface area contributed by atoms with Crippen molar-refractivity contribution < 1.29 is 32.2 Å². The first-order valence-corrected chi connectivity index (χ1v) is 10.2. The van der Waals surface area contributed by atoms with E-state index in [4.69, 9.17) is 14.2 Å². The zero-order chi connectivity index (χ0) is 18.7. The minimum atomic E-state index is -3.24. The summed E-state index contributed by atoms with van der Waals surface area (Å²) < 4.78 is 40.3. The number of fused-ring (bicyclic) bond motifs is 1.